The number of carbonyl (C=O) groups is 1. The van der Waals surface area contributed by atoms with Crippen LogP contribution in [0.4, 0.5) is 5.69 Å². The highest BCUT2D eigenvalue weighted by molar-refractivity contribution is 5.76. The number of nitrogens with two attached hydrogens (primary N) is 1. The number of hydrogen-bond acceptors (Lipinski definition) is 4. The maximum atomic E-state index is 11.6. The Labute approximate surface area is 114 Å². The van der Waals surface area contributed by atoms with Gasteiger partial charge in [-0.2, -0.15) is 0 Å². The molecule has 0 atom stereocenters. The largest absolute Gasteiger partial charge is 0.496 e. The van der Waals surface area contributed by atoms with E-state index in [1.165, 1.54) is 0 Å². The Balaban J connectivity index is 2.39. The molecule has 1 rings (SSSR count). The summed E-state index contributed by atoms with van der Waals surface area (Å²) >= 11 is 0. The fraction of sp³-hybridized carbons (Fsp3) is 0.500. The maximum absolute atomic E-state index is 11.6. The van der Waals surface area contributed by atoms with Crippen LogP contribution in [-0.4, -0.2) is 26.2 Å². The van der Waals surface area contributed by atoms with E-state index in [0.717, 1.165) is 17.7 Å². The van der Waals surface area contributed by atoms with Gasteiger partial charge in [-0.3, -0.25) is 4.79 Å². The monoisotopic (exact) mass is 266 g/mol. The summed E-state index contributed by atoms with van der Waals surface area (Å²) in [7, 11) is 1.59. The van der Waals surface area contributed by atoms with E-state index in [9.17, 15) is 4.79 Å². The average Bonchev–Trinajstić information content (AvgIpc) is 2.41. The molecule has 0 saturated heterocycles. The van der Waals surface area contributed by atoms with Gasteiger partial charge in [0.1, 0.15) is 5.75 Å². The smallest absolute Gasteiger partial charge is 0.222 e. The molecule has 0 spiro atoms. The molecule has 0 aliphatic heterocycles. The Morgan fingerprint density at radius 1 is 1.37 bits per heavy atom. The van der Waals surface area contributed by atoms with Crippen LogP contribution in [0.2, 0.25) is 0 Å². The molecule has 0 fully saturated rings. The van der Waals surface area contributed by atoms with Gasteiger partial charge in [-0.05, 0) is 24.6 Å². The fourth-order valence-electron chi connectivity index (χ4n) is 1.63. The molecule has 0 aromatic heterocycles. The molecule has 0 aliphatic rings. The minimum atomic E-state index is -0.0411. The number of amides is 1. The van der Waals surface area contributed by atoms with Crippen LogP contribution in [0, 0.1) is 0 Å². The third-order valence-electron chi connectivity index (χ3n) is 2.60. The van der Waals surface area contributed by atoms with Crippen molar-refractivity contribution in [2.45, 2.75) is 26.3 Å². The number of carbonyl (C=O) groups excluding carboxylic acids is 1. The van der Waals surface area contributed by atoms with Crippen molar-refractivity contribution in [2.24, 2.45) is 0 Å². The van der Waals surface area contributed by atoms with Crippen molar-refractivity contribution in [1.29, 1.82) is 0 Å². The van der Waals surface area contributed by atoms with Crippen LogP contribution in [-0.2, 0) is 16.1 Å². The summed E-state index contributed by atoms with van der Waals surface area (Å²) in [6, 6.07) is 5.36. The lowest BCUT2D eigenvalue weighted by Gasteiger charge is -2.10. The molecular weight excluding hydrogens is 244 g/mol. The molecule has 19 heavy (non-hydrogen) atoms. The van der Waals surface area contributed by atoms with Crippen molar-refractivity contribution in [1.82, 2.24) is 5.32 Å². The number of nitrogens with one attached hydrogen (secondary N) is 1. The summed E-state index contributed by atoms with van der Waals surface area (Å²) in [5.74, 6) is 0.678. The number of ether oxygens (including phenoxy) is 2. The lowest BCUT2D eigenvalue weighted by Crippen LogP contribution is -2.24. The minimum absolute atomic E-state index is 0.0411. The van der Waals surface area contributed by atoms with Crippen LogP contribution in [0.3, 0.4) is 0 Å². The van der Waals surface area contributed by atoms with Gasteiger partial charge < -0.3 is 20.5 Å². The zero-order valence-electron chi connectivity index (χ0n) is 11.6. The van der Waals surface area contributed by atoms with E-state index in [4.69, 9.17) is 15.2 Å². The highest BCUT2D eigenvalue weighted by atomic mass is 16.5. The van der Waals surface area contributed by atoms with Gasteiger partial charge >= 0.3 is 0 Å². The molecule has 0 heterocycles. The van der Waals surface area contributed by atoms with E-state index in [1.54, 1.807) is 25.3 Å². The first-order chi connectivity index (χ1) is 9.17. The SMILES string of the molecule is CCCOCCC(=O)NCc1cc(N)ccc1OC. The van der Waals surface area contributed by atoms with Crippen LogP contribution in [0.5, 0.6) is 5.75 Å². The number of anilines is 1. The van der Waals surface area contributed by atoms with Gasteiger partial charge in [0.25, 0.3) is 0 Å². The molecule has 1 amide bonds. The molecule has 5 nitrogen and oxygen atoms in total. The second kappa shape index (κ2) is 8.37. The number of rotatable bonds is 8. The second-order valence-electron chi connectivity index (χ2n) is 4.21. The van der Waals surface area contributed by atoms with E-state index in [1.807, 2.05) is 6.92 Å². The van der Waals surface area contributed by atoms with Crippen molar-refractivity contribution in [3.8, 4) is 5.75 Å². The van der Waals surface area contributed by atoms with Gasteiger partial charge in [-0.15, -0.1) is 0 Å². The van der Waals surface area contributed by atoms with Crippen molar-refractivity contribution < 1.29 is 14.3 Å². The maximum Gasteiger partial charge on any atom is 0.222 e. The molecular formula is C14H22N2O3. The summed E-state index contributed by atoms with van der Waals surface area (Å²) in [6.07, 6.45) is 1.33. The Kier molecular flexibility index (Phi) is 6.74. The highest BCUT2D eigenvalue weighted by Crippen LogP contribution is 2.20. The molecule has 0 unspecified atom stereocenters. The average molecular weight is 266 g/mol. The Bertz CT molecular complexity index is 408. The Hall–Kier alpha value is -1.75. The molecule has 1 aromatic carbocycles. The van der Waals surface area contributed by atoms with Crippen molar-refractivity contribution in [3.63, 3.8) is 0 Å². The first-order valence-corrected chi connectivity index (χ1v) is 6.44. The molecule has 0 saturated carbocycles. The fourth-order valence-corrected chi connectivity index (χ4v) is 1.63. The molecule has 0 radical (unpaired) electrons. The van der Waals surface area contributed by atoms with Crippen LogP contribution < -0.4 is 15.8 Å². The molecule has 0 aliphatic carbocycles. The second-order valence-corrected chi connectivity index (χ2v) is 4.21. The first kappa shape index (κ1) is 15.3. The van der Waals surface area contributed by atoms with Gasteiger partial charge in [-0.25, -0.2) is 0 Å². The lowest BCUT2D eigenvalue weighted by atomic mass is 10.1. The lowest BCUT2D eigenvalue weighted by molar-refractivity contribution is -0.122. The minimum Gasteiger partial charge on any atom is -0.496 e. The highest BCUT2D eigenvalue weighted by Gasteiger charge is 2.06. The Morgan fingerprint density at radius 3 is 2.84 bits per heavy atom. The van der Waals surface area contributed by atoms with E-state index in [-0.39, 0.29) is 5.91 Å². The van der Waals surface area contributed by atoms with Gasteiger partial charge in [0.2, 0.25) is 5.91 Å². The van der Waals surface area contributed by atoms with Crippen LogP contribution in [0.1, 0.15) is 25.3 Å². The zero-order chi connectivity index (χ0) is 14.1. The summed E-state index contributed by atoms with van der Waals surface area (Å²) in [4.78, 5) is 11.6. The third kappa shape index (κ3) is 5.61. The van der Waals surface area contributed by atoms with Crippen LogP contribution in [0.15, 0.2) is 18.2 Å². The normalized spacial score (nSPS) is 10.2. The molecule has 1 aromatic rings. The first-order valence-electron chi connectivity index (χ1n) is 6.44. The van der Waals surface area contributed by atoms with Crippen molar-refractivity contribution in [3.05, 3.63) is 23.8 Å². The summed E-state index contributed by atoms with van der Waals surface area (Å²) < 4.78 is 10.5. The molecule has 3 N–H and O–H groups in total. The molecule has 5 heteroatoms. The van der Waals surface area contributed by atoms with Gasteiger partial charge in [0.15, 0.2) is 0 Å². The predicted octanol–water partition coefficient (Wildman–Crippen LogP) is 1.71. The quantitative estimate of drug-likeness (QED) is 0.555. The van der Waals surface area contributed by atoms with Crippen LogP contribution in [0.25, 0.3) is 0 Å². The predicted molar refractivity (Wildman–Crippen MR) is 75.0 cm³/mol. The number of nitrogen functional groups attached to an aromatic ring is 1. The number of benzene rings is 1. The standard InChI is InChI=1S/C14H22N2O3/c1-3-7-19-8-6-14(17)16-10-11-9-12(15)4-5-13(11)18-2/h4-5,9H,3,6-8,10,15H2,1-2H3,(H,16,17). The van der Waals surface area contributed by atoms with Gasteiger partial charge in [0.05, 0.1) is 13.7 Å². The van der Waals surface area contributed by atoms with Gasteiger partial charge in [-0.1, -0.05) is 6.92 Å². The summed E-state index contributed by atoms with van der Waals surface area (Å²) in [6.45, 7) is 3.58. The van der Waals surface area contributed by atoms with E-state index in [0.29, 0.717) is 31.9 Å². The number of methoxy groups -OCH3 is 1. The van der Waals surface area contributed by atoms with Crippen LogP contribution >= 0.6 is 0 Å². The Morgan fingerprint density at radius 2 is 2.16 bits per heavy atom. The van der Waals surface area contributed by atoms with Gasteiger partial charge in [0, 0.05) is 30.8 Å². The topological polar surface area (TPSA) is 73.6 Å². The molecule has 106 valence electrons. The van der Waals surface area contributed by atoms with E-state index < -0.39 is 0 Å². The zero-order valence-corrected chi connectivity index (χ0v) is 11.6. The summed E-state index contributed by atoms with van der Waals surface area (Å²) in [5, 5.41) is 2.82. The van der Waals surface area contributed by atoms with E-state index in [2.05, 4.69) is 5.32 Å². The summed E-state index contributed by atoms with van der Waals surface area (Å²) in [5.41, 5.74) is 7.23. The van der Waals surface area contributed by atoms with Crippen molar-refractivity contribution in [2.75, 3.05) is 26.1 Å². The number of hydrogen-bond donors (Lipinski definition) is 2. The molecule has 0 bridgehead atoms. The third-order valence-corrected chi connectivity index (χ3v) is 2.60. The van der Waals surface area contributed by atoms with E-state index >= 15 is 0 Å². The van der Waals surface area contributed by atoms with Crippen molar-refractivity contribution >= 4 is 11.6 Å².